The van der Waals surface area contributed by atoms with Gasteiger partial charge in [0.15, 0.2) is 0 Å². The maximum atomic E-state index is 11.5. The molecule has 0 atom stereocenters. The topological polar surface area (TPSA) is 72.0 Å². The molecule has 0 aliphatic heterocycles. The molecule has 0 aliphatic carbocycles. The number of nitrogens with zero attached hydrogens (tertiary/aromatic N) is 1. The van der Waals surface area contributed by atoms with Crippen LogP contribution in [0.25, 0.3) is 0 Å². The standard InChI is InChI=1S/C11H16N2O3/c1-4-16-11(15)8-6-12-9(5-7(2)3)13-10(8)14/h6-7H,4-5H2,1-3H3,(H,12,13,14). The zero-order valence-electron chi connectivity index (χ0n) is 9.74. The lowest BCUT2D eigenvalue weighted by Crippen LogP contribution is -2.22. The van der Waals surface area contributed by atoms with Crippen LogP contribution in [0, 0.1) is 5.92 Å². The third-order valence-electron chi connectivity index (χ3n) is 1.95. The molecule has 0 saturated carbocycles. The first-order chi connectivity index (χ1) is 7.54. The van der Waals surface area contributed by atoms with E-state index in [9.17, 15) is 9.59 Å². The number of hydrogen-bond donors (Lipinski definition) is 1. The number of esters is 1. The Bertz CT molecular complexity index is 423. The van der Waals surface area contributed by atoms with Crippen molar-refractivity contribution < 1.29 is 9.53 Å². The van der Waals surface area contributed by atoms with Crippen LogP contribution >= 0.6 is 0 Å². The van der Waals surface area contributed by atoms with Gasteiger partial charge in [0.1, 0.15) is 11.4 Å². The minimum absolute atomic E-state index is 0.0469. The molecule has 0 radical (unpaired) electrons. The van der Waals surface area contributed by atoms with Gasteiger partial charge in [0, 0.05) is 12.6 Å². The number of hydrogen-bond acceptors (Lipinski definition) is 4. The average molecular weight is 224 g/mol. The second-order valence-corrected chi connectivity index (χ2v) is 3.89. The van der Waals surface area contributed by atoms with Crippen LogP contribution in [-0.2, 0) is 11.2 Å². The predicted molar refractivity (Wildman–Crippen MR) is 59.4 cm³/mol. The van der Waals surface area contributed by atoms with Gasteiger partial charge in [-0.05, 0) is 12.8 Å². The molecule has 1 aromatic heterocycles. The van der Waals surface area contributed by atoms with Crippen LogP contribution < -0.4 is 5.56 Å². The van der Waals surface area contributed by atoms with Crippen molar-refractivity contribution in [2.45, 2.75) is 27.2 Å². The molecule has 0 bridgehead atoms. The van der Waals surface area contributed by atoms with Gasteiger partial charge < -0.3 is 9.72 Å². The predicted octanol–water partition coefficient (Wildman–Crippen LogP) is 1.15. The molecular formula is C11H16N2O3. The number of carbonyl (C=O) groups excluding carboxylic acids is 1. The summed E-state index contributed by atoms with van der Waals surface area (Å²) in [4.78, 5) is 29.5. The molecule has 0 fully saturated rings. The van der Waals surface area contributed by atoms with E-state index in [0.29, 0.717) is 18.2 Å². The second kappa shape index (κ2) is 5.44. The maximum absolute atomic E-state index is 11.5. The van der Waals surface area contributed by atoms with Crippen LogP contribution in [0.4, 0.5) is 0 Å². The lowest BCUT2D eigenvalue weighted by Gasteiger charge is -2.04. The van der Waals surface area contributed by atoms with E-state index in [4.69, 9.17) is 4.74 Å². The summed E-state index contributed by atoms with van der Waals surface area (Å²) < 4.78 is 4.73. The molecule has 0 spiro atoms. The first kappa shape index (κ1) is 12.4. The Kier molecular flexibility index (Phi) is 4.22. The van der Waals surface area contributed by atoms with Gasteiger partial charge in [-0.2, -0.15) is 0 Å². The zero-order chi connectivity index (χ0) is 12.1. The normalized spacial score (nSPS) is 10.5. The van der Waals surface area contributed by atoms with Gasteiger partial charge in [0.25, 0.3) is 5.56 Å². The zero-order valence-corrected chi connectivity index (χ0v) is 9.74. The van der Waals surface area contributed by atoms with E-state index in [1.165, 1.54) is 6.20 Å². The Morgan fingerprint density at radius 1 is 1.56 bits per heavy atom. The summed E-state index contributed by atoms with van der Waals surface area (Å²) in [5, 5.41) is 0. The highest BCUT2D eigenvalue weighted by molar-refractivity contribution is 5.88. The summed E-state index contributed by atoms with van der Waals surface area (Å²) in [6.45, 7) is 5.98. The van der Waals surface area contributed by atoms with E-state index in [2.05, 4.69) is 9.97 Å². The third kappa shape index (κ3) is 3.18. The van der Waals surface area contributed by atoms with Crippen LogP contribution in [0.1, 0.15) is 37.0 Å². The van der Waals surface area contributed by atoms with Gasteiger partial charge >= 0.3 is 5.97 Å². The Hall–Kier alpha value is -1.65. The fraction of sp³-hybridized carbons (Fsp3) is 0.545. The molecule has 1 aromatic rings. The SMILES string of the molecule is CCOC(=O)c1cnc(CC(C)C)[nH]c1=O. The van der Waals surface area contributed by atoms with Crippen molar-refractivity contribution in [3.63, 3.8) is 0 Å². The highest BCUT2D eigenvalue weighted by Crippen LogP contribution is 2.01. The smallest absolute Gasteiger partial charge is 0.345 e. The van der Waals surface area contributed by atoms with Crippen molar-refractivity contribution >= 4 is 5.97 Å². The van der Waals surface area contributed by atoms with Crippen LogP contribution in [0.2, 0.25) is 0 Å². The van der Waals surface area contributed by atoms with Crippen LogP contribution in [-0.4, -0.2) is 22.5 Å². The summed E-state index contributed by atoms with van der Waals surface area (Å²) in [5.74, 6) is 0.358. The quantitative estimate of drug-likeness (QED) is 0.778. The van der Waals surface area contributed by atoms with Crippen molar-refractivity contribution in [1.82, 2.24) is 9.97 Å². The molecule has 1 rings (SSSR count). The van der Waals surface area contributed by atoms with Crippen molar-refractivity contribution in [3.8, 4) is 0 Å². The Labute approximate surface area is 93.9 Å². The van der Waals surface area contributed by atoms with E-state index in [1.54, 1.807) is 6.92 Å². The van der Waals surface area contributed by atoms with E-state index in [1.807, 2.05) is 13.8 Å². The fourth-order valence-electron chi connectivity index (χ4n) is 1.28. The van der Waals surface area contributed by atoms with Gasteiger partial charge in [-0.3, -0.25) is 4.79 Å². The van der Waals surface area contributed by atoms with E-state index < -0.39 is 11.5 Å². The highest BCUT2D eigenvalue weighted by atomic mass is 16.5. The van der Waals surface area contributed by atoms with E-state index in [-0.39, 0.29) is 12.2 Å². The van der Waals surface area contributed by atoms with Crippen LogP contribution in [0.5, 0.6) is 0 Å². The minimum Gasteiger partial charge on any atom is -0.462 e. The molecule has 1 heterocycles. The second-order valence-electron chi connectivity index (χ2n) is 3.89. The molecule has 0 aliphatic rings. The first-order valence-corrected chi connectivity index (χ1v) is 5.30. The molecular weight excluding hydrogens is 208 g/mol. The summed E-state index contributed by atoms with van der Waals surface area (Å²) in [6, 6.07) is 0. The molecule has 16 heavy (non-hydrogen) atoms. The molecule has 0 aromatic carbocycles. The molecule has 0 saturated heterocycles. The molecule has 0 unspecified atom stereocenters. The molecule has 0 amide bonds. The number of nitrogens with one attached hydrogen (secondary N) is 1. The fourth-order valence-corrected chi connectivity index (χ4v) is 1.28. The number of rotatable bonds is 4. The van der Waals surface area contributed by atoms with Crippen molar-refractivity contribution in [3.05, 3.63) is 27.9 Å². The third-order valence-corrected chi connectivity index (χ3v) is 1.95. The highest BCUT2D eigenvalue weighted by Gasteiger charge is 2.12. The molecule has 5 heteroatoms. The maximum Gasteiger partial charge on any atom is 0.345 e. The Morgan fingerprint density at radius 3 is 2.75 bits per heavy atom. The van der Waals surface area contributed by atoms with Crippen LogP contribution in [0.3, 0.4) is 0 Å². The van der Waals surface area contributed by atoms with Gasteiger partial charge in [0.2, 0.25) is 0 Å². The summed E-state index contributed by atoms with van der Waals surface area (Å²) in [6.07, 6.45) is 1.95. The van der Waals surface area contributed by atoms with Crippen molar-refractivity contribution in [2.24, 2.45) is 5.92 Å². The number of aromatic amines is 1. The van der Waals surface area contributed by atoms with Gasteiger partial charge in [-0.25, -0.2) is 9.78 Å². The summed E-state index contributed by atoms with van der Waals surface area (Å²) >= 11 is 0. The van der Waals surface area contributed by atoms with Gasteiger partial charge in [0.05, 0.1) is 6.61 Å². The van der Waals surface area contributed by atoms with Gasteiger partial charge in [-0.1, -0.05) is 13.8 Å². The monoisotopic (exact) mass is 224 g/mol. The Morgan fingerprint density at radius 2 is 2.25 bits per heavy atom. The lowest BCUT2D eigenvalue weighted by atomic mass is 10.1. The largest absolute Gasteiger partial charge is 0.462 e. The first-order valence-electron chi connectivity index (χ1n) is 5.30. The van der Waals surface area contributed by atoms with E-state index in [0.717, 1.165) is 0 Å². The Balaban J connectivity index is 2.91. The minimum atomic E-state index is -0.632. The molecule has 88 valence electrons. The lowest BCUT2D eigenvalue weighted by molar-refractivity contribution is 0.0523. The van der Waals surface area contributed by atoms with Crippen LogP contribution in [0.15, 0.2) is 11.0 Å². The van der Waals surface area contributed by atoms with Crippen molar-refractivity contribution in [1.29, 1.82) is 0 Å². The van der Waals surface area contributed by atoms with Gasteiger partial charge in [-0.15, -0.1) is 0 Å². The number of aromatic nitrogens is 2. The number of carbonyl (C=O) groups is 1. The average Bonchev–Trinajstić information content (AvgIpc) is 2.16. The summed E-state index contributed by atoms with van der Waals surface area (Å²) in [7, 11) is 0. The number of ether oxygens (including phenoxy) is 1. The van der Waals surface area contributed by atoms with Crippen molar-refractivity contribution in [2.75, 3.05) is 6.61 Å². The van der Waals surface area contributed by atoms with E-state index >= 15 is 0 Å². The molecule has 1 N–H and O–H groups in total. The molecule has 5 nitrogen and oxygen atoms in total. The summed E-state index contributed by atoms with van der Waals surface area (Å²) in [5.41, 5.74) is -0.488. The number of H-pyrrole nitrogens is 1.